The number of hydrogen-bond donors (Lipinski definition) is 0. The Balaban J connectivity index is 1.79. The van der Waals surface area contributed by atoms with Crippen LogP contribution in [0, 0.1) is 0 Å². The number of nitrogens with zero attached hydrogens (tertiary/aromatic N) is 3. The summed E-state index contributed by atoms with van der Waals surface area (Å²) in [6, 6.07) is 0.932. The molecule has 2 atom stereocenters. The fraction of sp³-hybridized carbons (Fsp3) is 0.467. The normalized spacial score (nSPS) is 23.9. The third-order valence-corrected chi connectivity index (χ3v) is 5.17. The van der Waals surface area contributed by atoms with E-state index in [0.717, 1.165) is 25.1 Å². The van der Waals surface area contributed by atoms with E-state index in [4.69, 9.17) is 4.74 Å². The van der Waals surface area contributed by atoms with Crippen molar-refractivity contribution >= 4 is 27.5 Å². The predicted octanol–water partition coefficient (Wildman–Crippen LogP) is 3.12. The highest BCUT2D eigenvalue weighted by Gasteiger charge is 2.41. The lowest BCUT2D eigenvalue weighted by atomic mass is 10.2. The summed E-state index contributed by atoms with van der Waals surface area (Å²) >= 11 is 3.11. The first-order valence-corrected chi connectivity index (χ1v) is 8.30. The van der Waals surface area contributed by atoms with Crippen LogP contribution in [-0.4, -0.2) is 45.5 Å². The number of amides is 1. The van der Waals surface area contributed by atoms with E-state index in [2.05, 4.69) is 20.9 Å². The zero-order valence-electron chi connectivity index (χ0n) is 12.4. The molecule has 9 heteroatoms. The van der Waals surface area contributed by atoms with Crippen LogP contribution in [0.25, 0.3) is 5.65 Å². The first-order chi connectivity index (χ1) is 11.4. The van der Waals surface area contributed by atoms with Gasteiger partial charge in [0.2, 0.25) is 0 Å². The van der Waals surface area contributed by atoms with Gasteiger partial charge in [0.1, 0.15) is 5.69 Å². The largest absolute Gasteiger partial charge is 0.417 e. The zero-order valence-corrected chi connectivity index (χ0v) is 14.0. The van der Waals surface area contributed by atoms with Crippen molar-refractivity contribution in [3.63, 3.8) is 0 Å². The molecule has 2 bridgehead atoms. The maximum Gasteiger partial charge on any atom is 0.417 e. The first kappa shape index (κ1) is 15.9. The van der Waals surface area contributed by atoms with Gasteiger partial charge in [0.15, 0.2) is 5.65 Å². The van der Waals surface area contributed by atoms with Crippen LogP contribution in [0.15, 0.2) is 22.9 Å². The Hall–Kier alpha value is -1.61. The SMILES string of the molecule is O=C(c1cnc2c(Br)cc(C(F)(F)F)cn12)N1C2CCC1COC2. The third kappa shape index (κ3) is 2.41. The molecule has 0 radical (unpaired) electrons. The molecular weight excluding hydrogens is 391 g/mol. The van der Waals surface area contributed by atoms with E-state index in [1.165, 1.54) is 10.6 Å². The number of hydrogen-bond acceptors (Lipinski definition) is 3. The molecule has 128 valence electrons. The second kappa shape index (κ2) is 5.45. The second-order valence-corrected chi connectivity index (χ2v) is 6.90. The molecule has 0 N–H and O–H groups in total. The van der Waals surface area contributed by atoms with Crippen molar-refractivity contribution in [3.05, 3.63) is 34.2 Å². The smallest absolute Gasteiger partial charge is 0.377 e. The van der Waals surface area contributed by atoms with E-state index in [-0.39, 0.29) is 33.8 Å². The number of carbonyl (C=O) groups excluding carboxylic acids is 1. The summed E-state index contributed by atoms with van der Waals surface area (Å²) in [6.07, 6.45) is -0.547. The molecule has 2 saturated heterocycles. The maximum absolute atomic E-state index is 13.1. The van der Waals surface area contributed by atoms with Gasteiger partial charge < -0.3 is 9.64 Å². The predicted molar refractivity (Wildman–Crippen MR) is 81.7 cm³/mol. The summed E-state index contributed by atoms with van der Waals surface area (Å²) in [4.78, 5) is 18.8. The van der Waals surface area contributed by atoms with E-state index in [1.54, 1.807) is 4.90 Å². The first-order valence-electron chi connectivity index (χ1n) is 7.50. The fourth-order valence-electron chi connectivity index (χ4n) is 3.45. The Morgan fingerprint density at radius 3 is 2.58 bits per heavy atom. The molecule has 2 unspecified atom stereocenters. The Labute approximate surface area is 143 Å². The van der Waals surface area contributed by atoms with Gasteiger partial charge in [0.25, 0.3) is 5.91 Å². The number of pyridine rings is 1. The molecule has 2 aromatic heterocycles. The van der Waals surface area contributed by atoms with Crippen LogP contribution in [0.3, 0.4) is 0 Å². The van der Waals surface area contributed by atoms with E-state index in [0.29, 0.717) is 13.2 Å². The summed E-state index contributed by atoms with van der Waals surface area (Å²) in [5, 5.41) is 0. The molecule has 4 heterocycles. The molecule has 2 aromatic rings. The number of halogens is 4. The number of aromatic nitrogens is 2. The Morgan fingerprint density at radius 1 is 1.29 bits per heavy atom. The van der Waals surface area contributed by atoms with Crippen molar-refractivity contribution in [2.45, 2.75) is 31.1 Å². The lowest BCUT2D eigenvalue weighted by Crippen LogP contribution is -2.49. The minimum Gasteiger partial charge on any atom is -0.377 e. The minimum atomic E-state index is -4.50. The van der Waals surface area contributed by atoms with E-state index >= 15 is 0 Å². The Bertz CT molecular complexity index is 804. The van der Waals surface area contributed by atoms with Crippen molar-refractivity contribution in [1.29, 1.82) is 0 Å². The highest BCUT2D eigenvalue weighted by atomic mass is 79.9. The Morgan fingerprint density at radius 2 is 1.96 bits per heavy atom. The highest BCUT2D eigenvalue weighted by molar-refractivity contribution is 9.10. The molecule has 0 spiro atoms. The molecule has 2 aliphatic heterocycles. The minimum absolute atomic E-state index is 0.0176. The topological polar surface area (TPSA) is 46.8 Å². The van der Waals surface area contributed by atoms with Crippen LogP contribution in [-0.2, 0) is 10.9 Å². The van der Waals surface area contributed by atoms with Gasteiger partial charge in [-0.05, 0) is 34.8 Å². The standard InChI is InChI=1S/C15H13BrF3N3O2/c16-11-3-8(15(17,18)19)5-21-12(4-20-13(11)21)14(23)22-9-1-2-10(22)7-24-6-9/h3-5,9-10H,1-2,6-7H2. The molecule has 4 rings (SSSR count). The highest BCUT2D eigenvalue weighted by Crippen LogP contribution is 2.34. The molecule has 5 nitrogen and oxygen atoms in total. The van der Waals surface area contributed by atoms with E-state index < -0.39 is 11.7 Å². The lowest BCUT2D eigenvalue weighted by molar-refractivity contribution is -0.137. The number of alkyl halides is 3. The number of fused-ring (bicyclic) bond motifs is 3. The van der Waals surface area contributed by atoms with Gasteiger partial charge in [0.05, 0.1) is 41.5 Å². The molecule has 2 aliphatic rings. The lowest BCUT2D eigenvalue weighted by Gasteiger charge is -2.34. The third-order valence-electron chi connectivity index (χ3n) is 4.58. The number of morpholine rings is 1. The van der Waals surface area contributed by atoms with Gasteiger partial charge in [-0.15, -0.1) is 0 Å². The molecule has 1 amide bonds. The van der Waals surface area contributed by atoms with Gasteiger partial charge in [-0.25, -0.2) is 4.98 Å². The summed E-state index contributed by atoms with van der Waals surface area (Å²) in [6.45, 7) is 0.937. The van der Waals surface area contributed by atoms with E-state index in [9.17, 15) is 18.0 Å². The molecule has 24 heavy (non-hydrogen) atoms. The maximum atomic E-state index is 13.1. The van der Waals surface area contributed by atoms with Gasteiger partial charge in [-0.1, -0.05) is 0 Å². The average Bonchev–Trinajstić information content (AvgIpc) is 3.05. The van der Waals surface area contributed by atoms with Crippen LogP contribution in [0.2, 0.25) is 0 Å². The number of carbonyl (C=O) groups is 1. The van der Waals surface area contributed by atoms with Crippen LogP contribution >= 0.6 is 15.9 Å². The van der Waals surface area contributed by atoms with Gasteiger partial charge in [-0.3, -0.25) is 9.20 Å². The van der Waals surface area contributed by atoms with Crippen LogP contribution in [0.4, 0.5) is 13.2 Å². The molecule has 0 aliphatic carbocycles. The molecule has 0 saturated carbocycles. The summed E-state index contributed by atoms with van der Waals surface area (Å²) in [7, 11) is 0. The monoisotopic (exact) mass is 403 g/mol. The average molecular weight is 404 g/mol. The number of imidazole rings is 1. The molecule has 2 fully saturated rings. The van der Waals surface area contributed by atoms with Gasteiger partial charge in [0, 0.05) is 6.20 Å². The van der Waals surface area contributed by atoms with Crippen LogP contribution in [0.5, 0.6) is 0 Å². The van der Waals surface area contributed by atoms with Crippen molar-refractivity contribution in [2.75, 3.05) is 13.2 Å². The number of rotatable bonds is 1. The van der Waals surface area contributed by atoms with Crippen molar-refractivity contribution in [1.82, 2.24) is 14.3 Å². The van der Waals surface area contributed by atoms with Gasteiger partial charge >= 0.3 is 6.18 Å². The quantitative estimate of drug-likeness (QED) is 0.734. The van der Waals surface area contributed by atoms with Crippen molar-refractivity contribution in [3.8, 4) is 0 Å². The van der Waals surface area contributed by atoms with Crippen molar-refractivity contribution in [2.24, 2.45) is 0 Å². The van der Waals surface area contributed by atoms with Crippen LogP contribution < -0.4 is 0 Å². The Kier molecular flexibility index (Phi) is 3.61. The van der Waals surface area contributed by atoms with Gasteiger partial charge in [-0.2, -0.15) is 13.2 Å². The van der Waals surface area contributed by atoms with Crippen molar-refractivity contribution < 1.29 is 22.7 Å². The second-order valence-electron chi connectivity index (χ2n) is 6.05. The zero-order chi connectivity index (χ0) is 17.1. The van der Waals surface area contributed by atoms with E-state index in [1.807, 2.05) is 0 Å². The van der Waals surface area contributed by atoms with Crippen LogP contribution in [0.1, 0.15) is 28.9 Å². The fourth-order valence-corrected chi connectivity index (χ4v) is 3.99. The number of ether oxygens (including phenoxy) is 1. The summed E-state index contributed by atoms with van der Waals surface area (Å²) in [5.41, 5.74) is -0.415. The molecule has 0 aromatic carbocycles. The summed E-state index contributed by atoms with van der Waals surface area (Å²) in [5.74, 6) is -0.301. The summed E-state index contributed by atoms with van der Waals surface area (Å²) < 4.78 is 46.0. The molecular formula is C15H13BrF3N3O2.